The van der Waals surface area contributed by atoms with Gasteiger partial charge in [0.2, 0.25) is 0 Å². The van der Waals surface area contributed by atoms with Crippen molar-refractivity contribution in [3.63, 3.8) is 0 Å². The van der Waals surface area contributed by atoms with Crippen LogP contribution in [0.5, 0.6) is 0 Å². The molecule has 0 saturated carbocycles. The number of halogens is 2. The van der Waals surface area contributed by atoms with Crippen molar-refractivity contribution in [2.24, 2.45) is 0 Å². The van der Waals surface area contributed by atoms with E-state index in [4.69, 9.17) is 28.2 Å². The van der Waals surface area contributed by atoms with Gasteiger partial charge in [0.1, 0.15) is 5.82 Å². The second kappa shape index (κ2) is 13.6. The Morgan fingerprint density at radius 3 is 2.16 bits per heavy atom. The summed E-state index contributed by atoms with van der Waals surface area (Å²) in [5.41, 5.74) is 5.96. The number of benzene rings is 4. The summed E-state index contributed by atoms with van der Waals surface area (Å²) in [6.45, 7) is 4.21. The number of rotatable bonds is 9. The number of carbonyl (C=O) groups is 1. The highest BCUT2D eigenvalue weighted by Gasteiger charge is 2.21. The van der Waals surface area contributed by atoms with E-state index in [0.717, 1.165) is 42.2 Å². The summed E-state index contributed by atoms with van der Waals surface area (Å²) in [6, 6.07) is 31.9. The highest BCUT2D eigenvalue weighted by molar-refractivity contribution is 6.37. The van der Waals surface area contributed by atoms with Gasteiger partial charge in [0.05, 0.1) is 17.6 Å². The smallest absolute Gasteiger partial charge is 0.251 e. The molecule has 6 rings (SSSR count). The van der Waals surface area contributed by atoms with Crippen molar-refractivity contribution in [3.05, 3.63) is 136 Å². The zero-order valence-corrected chi connectivity index (χ0v) is 25.5. The number of imidazole rings is 1. The maximum Gasteiger partial charge on any atom is 0.251 e. The summed E-state index contributed by atoms with van der Waals surface area (Å²) in [5, 5.41) is 0.987. The van der Waals surface area contributed by atoms with Crippen molar-refractivity contribution in [3.8, 4) is 0 Å². The lowest BCUT2D eigenvalue weighted by Crippen LogP contribution is -2.30. The Labute approximate surface area is 263 Å². The molecule has 4 aromatic carbocycles. The summed E-state index contributed by atoms with van der Waals surface area (Å²) in [5.74, 6) is 0.627. The van der Waals surface area contributed by atoms with Gasteiger partial charge in [0.15, 0.2) is 0 Å². The van der Waals surface area contributed by atoms with Gasteiger partial charge in [-0.1, -0.05) is 90.3 Å². The lowest BCUT2D eigenvalue weighted by atomic mass is 10.0. The van der Waals surface area contributed by atoms with Crippen molar-refractivity contribution in [2.75, 3.05) is 18.0 Å². The molecule has 7 heteroatoms. The fourth-order valence-electron chi connectivity index (χ4n) is 5.78. The molecule has 1 aliphatic rings. The molecule has 0 bridgehead atoms. The minimum absolute atomic E-state index is 0.189. The average molecular weight is 610 g/mol. The first-order valence-corrected chi connectivity index (χ1v) is 15.5. The third-order valence-corrected chi connectivity index (χ3v) is 8.71. The van der Waals surface area contributed by atoms with Gasteiger partial charge >= 0.3 is 0 Å². The molecule has 0 radical (unpaired) electrons. The van der Waals surface area contributed by atoms with Gasteiger partial charge in [-0.3, -0.25) is 9.69 Å². The number of fused-ring (bicyclic) bond motifs is 1. The number of hydrogen-bond donors (Lipinski definition) is 0. The molecule has 5 nitrogen and oxygen atoms in total. The molecule has 1 amide bonds. The van der Waals surface area contributed by atoms with Gasteiger partial charge in [-0.15, -0.1) is 0 Å². The zero-order chi connectivity index (χ0) is 29.6. The quantitative estimate of drug-likeness (QED) is 0.157. The Morgan fingerprint density at radius 1 is 0.767 bits per heavy atom. The van der Waals surface area contributed by atoms with Crippen LogP contribution in [0.25, 0.3) is 17.1 Å². The first-order valence-electron chi connectivity index (χ1n) is 14.8. The normalized spacial score (nSPS) is 14.0. The number of piperidine rings is 1. The van der Waals surface area contributed by atoms with Gasteiger partial charge < -0.3 is 9.47 Å². The fraction of sp³-hybridized carbons (Fsp3) is 0.222. The SMILES string of the molecule is O=C(C=Cc1c(Cl)cccc1Cl)N(Cc1nc2ccccc2n1Cc1ccccc1CN1CCCCC1)c1ccccc1. The molecule has 0 atom stereocenters. The lowest BCUT2D eigenvalue weighted by Gasteiger charge is -2.27. The summed E-state index contributed by atoms with van der Waals surface area (Å²) in [4.78, 5) is 23.2. The molecule has 2 heterocycles. The molecular weight excluding hydrogens is 575 g/mol. The molecule has 0 N–H and O–H groups in total. The molecule has 1 fully saturated rings. The first kappa shape index (κ1) is 29.2. The lowest BCUT2D eigenvalue weighted by molar-refractivity contribution is -0.114. The van der Waals surface area contributed by atoms with Gasteiger partial charge in [0, 0.05) is 40.5 Å². The maximum absolute atomic E-state index is 13.8. The van der Waals surface area contributed by atoms with Crippen LogP contribution in [-0.2, 0) is 24.4 Å². The predicted octanol–water partition coefficient (Wildman–Crippen LogP) is 8.62. The zero-order valence-electron chi connectivity index (χ0n) is 24.0. The third-order valence-electron chi connectivity index (χ3n) is 8.05. The van der Waals surface area contributed by atoms with Crippen LogP contribution < -0.4 is 4.90 Å². The summed E-state index contributed by atoms with van der Waals surface area (Å²) >= 11 is 12.8. The Hall–Kier alpha value is -3.90. The minimum atomic E-state index is -0.189. The number of amides is 1. The molecule has 218 valence electrons. The van der Waals surface area contributed by atoms with Crippen LogP contribution in [0.15, 0.2) is 103 Å². The number of aromatic nitrogens is 2. The van der Waals surface area contributed by atoms with Crippen molar-refractivity contribution in [1.82, 2.24) is 14.5 Å². The Balaban J connectivity index is 1.35. The fourth-order valence-corrected chi connectivity index (χ4v) is 6.30. The summed E-state index contributed by atoms with van der Waals surface area (Å²) in [6.07, 6.45) is 7.06. The molecule has 0 aliphatic carbocycles. The molecule has 0 unspecified atom stereocenters. The van der Waals surface area contributed by atoms with Crippen LogP contribution >= 0.6 is 23.2 Å². The van der Waals surface area contributed by atoms with Crippen LogP contribution in [0, 0.1) is 0 Å². The Morgan fingerprint density at radius 2 is 1.42 bits per heavy atom. The maximum atomic E-state index is 13.8. The average Bonchev–Trinajstić information content (AvgIpc) is 3.38. The van der Waals surface area contributed by atoms with Crippen LogP contribution in [0.2, 0.25) is 10.0 Å². The van der Waals surface area contributed by atoms with Gasteiger partial charge in [0.25, 0.3) is 5.91 Å². The summed E-state index contributed by atoms with van der Waals surface area (Å²) in [7, 11) is 0. The van der Waals surface area contributed by atoms with Crippen LogP contribution in [0.1, 0.15) is 41.8 Å². The van der Waals surface area contributed by atoms with Crippen molar-refractivity contribution in [2.45, 2.75) is 38.9 Å². The van der Waals surface area contributed by atoms with Crippen LogP contribution in [-0.4, -0.2) is 33.4 Å². The van der Waals surface area contributed by atoms with E-state index in [0.29, 0.717) is 28.7 Å². The number of anilines is 1. The molecule has 1 aromatic heterocycles. The van der Waals surface area contributed by atoms with Gasteiger partial charge in [-0.05, 0) is 79.5 Å². The largest absolute Gasteiger partial charge is 0.322 e. The van der Waals surface area contributed by atoms with Crippen LogP contribution in [0.4, 0.5) is 5.69 Å². The molecule has 43 heavy (non-hydrogen) atoms. The van der Waals surface area contributed by atoms with Gasteiger partial charge in [-0.25, -0.2) is 4.98 Å². The molecule has 0 spiro atoms. The molecule has 1 saturated heterocycles. The number of para-hydroxylation sites is 3. The van der Waals surface area contributed by atoms with Crippen molar-refractivity contribution >= 4 is 51.9 Å². The number of likely N-dealkylation sites (tertiary alicyclic amines) is 1. The number of carbonyl (C=O) groups excluding carboxylic acids is 1. The van der Waals surface area contributed by atoms with E-state index >= 15 is 0 Å². The molecule has 5 aromatic rings. The van der Waals surface area contributed by atoms with Crippen molar-refractivity contribution < 1.29 is 4.79 Å². The van der Waals surface area contributed by atoms with E-state index in [-0.39, 0.29) is 5.91 Å². The molecular formula is C36H34Cl2N4O. The third kappa shape index (κ3) is 6.86. The minimum Gasteiger partial charge on any atom is -0.322 e. The second-order valence-corrected chi connectivity index (χ2v) is 11.8. The topological polar surface area (TPSA) is 41.4 Å². The molecule has 1 aliphatic heterocycles. The van der Waals surface area contributed by atoms with E-state index in [2.05, 4.69) is 39.8 Å². The van der Waals surface area contributed by atoms with Gasteiger partial charge in [-0.2, -0.15) is 0 Å². The Kier molecular flexibility index (Phi) is 9.23. The van der Waals surface area contributed by atoms with E-state index in [1.807, 2.05) is 48.5 Å². The van der Waals surface area contributed by atoms with E-state index in [1.165, 1.54) is 36.5 Å². The monoisotopic (exact) mass is 608 g/mol. The predicted molar refractivity (Wildman–Crippen MR) is 178 cm³/mol. The number of hydrogen-bond acceptors (Lipinski definition) is 3. The van der Waals surface area contributed by atoms with E-state index in [1.54, 1.807) is 29.2 Å². The standard InChI is InChI=1S/C36H34Cl2N4O/c37-31-16-11-17-32(38)30(31)20-21-36(43)41(29-14-3-1-4-15-29)26-35-39-33-18-7-8-19-34(33)42(35)25-28-13-6-5-12-27(28)24-40-22-9-2-10-23-40/h1,3-8,11-21H,2,9-10,22-26H2. The summed E-state index contributed by atoms with van der Waals surface area (Å²) < 4.78 is 2.25. The Bertz CT molecular complexity index is 1720. The highest BCUT2D eigenvalue weighted by Crippen LogP contribution is 2.27. The number of nitrogens with zero attached hydrogens (tertiary/aromatic N) is 4. The van der Waals surface area contributed by atoms with E-state index in [9.17, 15) is 4.79 Å². The first-order chi connectivity index (χ1) is 21.1. The van der Waals surface area contributed by atoms with Crippen LogP contribution in [0.3, 0.4) is 0 Å². The van der Waals surface area contributed by atoms with Crippen molar-refractivity contribution in [1.29, 1.82) is 0 Å². The second-order valence-electron chi connectivity index (χ2n) is 10.9. The van der Waals surface area contributed by atoms with E-state index < -0.39 is 0 Å². The highest BCUT2D eigenvalue weighted by atomic mass is 35.5.